The van der Waals surface area contributed by atoms with E-state index in [0.29, 0.717) is 0 Å². The van der Waals surface area contributed by atoms with E-state index in [1.165, 1.54) is 33.4 Å². The summed E-state index contributed by atoms with van der Waals surface area (Å²) in [4.78, 5) is 0. The van der Waals surface area contributed by atoms with E-state index >= 15 is 0 Å². The highest BCUT2D eigenvalue weighted by atomic mass is 35.5. The van der Waals surface area contributed by atoms with Crippen LogP contribution < -0.4 is 0 Å². The first-order valence-electron chi connectivity index (χ1n) is 7.29. The van der Waals surface area contributed by atoms with Gasteiger partial charge in [0.05, 0.1) is 5.38 Å². The van der Waals surface area contributed by atoms with Crippen molar-refractivity contribution in [2.45, 2.75) is 46.4 Å². The Morgan fingerprint density at radius 1 is 0.810 bits per heavy atom. The molecule has 1 unspecified atom stereocenters. The summed E-state index contributed by atoms with van der Waals surface area (Å²) in [5, 5.41) is 0.738. The molecule has 0 spiro atoms. The summed E-state index contributed by atoms with van der Waals surface area (Å²) < 4.78 is 0. The van der Waals surface area contributed by atoms with Crippen LogP contribution in [-0.4, -0.2) is 0 Å². The van der Waals surface area contributed by atoms with Gasteiger partial charge in [0.15, 0.2) is 0 Å². The number of hydrogen-bond donors (Lipinski definition) is 0. The molecular weight excluding hydrogens is 299 g/mol. The number of benzene rings is 2. The Bertz CT molecular complexity index is 643. The lowest BCUT2D eigenvalue weighted by Crippen LogP contribution is -2.07. The van der Waals surface area contributed by atoms with Crippen LogP contribution in [0.25, 0.3) is 0 Å². The molecule has 0 saturated carbocycles. The topological polar surface area (TPSA) is 0 Å². The summed E-state index contributed by atoms with van der Waals surface area (Å²) >= 11 is 13.0. The van der Waals surface area contributed by atoms with E-state index in [2.05, 4.69) is 40.7 Å². The van der Waals surface area contributed by atoms with Gasteiger partial charge in [-0.05, 0) is 86.1 Å². The molecule has 0 aliphatic heterocycles. The van der Waals surface area contributed by atoms with Gasteiger partial charge in [0.1, 0.15) is 0 Å². The standard InChI is InChI=1S/C19H22Cl2/c1-11-12(2)14(4)19(15(5)13(11)3)18(21)10-16-8-6-7-9-17(16)20/h6-9,18H,10H2,1-5H3. The van der Waals surface area contributed by atoms with E-state index < -0.39 is 0 Å². The molecule has 0 radical (unpaired) electrons. The zero-order chi connectivity index (χ0) is 15.7. The van der Waals surface area contributed by atoms with Gasteiger partial charge in [0.2, 0.25) is 0 Å². The minimum absolute atomic E-state index is 0.0529. The van der Waals surface area contributed by atoms with Crippen LogP contribution in [0, 0.1) is 34.6 Å². The van der Waals surface area contributed by atoms with Crippen LogP contribution in [-0.2, 0) is 6.42 Å². The van der Waals surface area contributed by atoms with E-state index in [1.54, 1.807) is 0 Å². The normalized spacial score (nSPS) is 12.5. The van der Waals surface area contributed by atoms with Crippen molar-refractivity contribution in [3.8, 4) is 0 Å². The van der Waals surface area contributed by atoms with Crippen LogP contribution in [0.15, 0.2) is 24.3 Å². The lowest BCUT2D eigenvalue weighted by molar-refractivity contribution is 0.889. The first kappa shape index (κ1) is 16.4. The van der Waals surface area contributed by atoms with Crippen molar-refractivity contribution < 1.29 is 0 Å². The second kappa shape index (κ2) is 6.42. The van der Waals surface area contributed by atoms with Crippen molar-refractivity contribution in [3.63, 3.8) is 0 Å². The molecule has 2 heteroatoms. The van der Waals surface area contributed by atoms with E-state index in [4.69, 9.17) is 23.2 Å². The van der Waals surface area contributed by atoms with E-state index in [0.717, 1.165) is 17.0 Å². The van der Waals surface area contributed by atoms with Crippen molar-refractivity contribution in [1.29, 1.82) is 0 Å². The van der Waals surface area contributed by atoms with Gasteiger partial charge in [0, 0.05) is 5.02 Å². The number of hydrogen-bond acceptors (Lipinski definition) is 0. The molecule has 0 aliphatic carbocycles. The second-order valence-electron chi connectivity index (χ2n) is 5.80. The number of alkyl halides is 1. The first-order valence-corrected chi connectivity index (χ1v) is 8.10. The zero-order valence-electron chi connectivity index (χ0n) is 13.3. The van der Waals surface area contributed by atoms with Gasteiger partial charge < -0.3 is 0 Å². The average molecular weight is 321 g/mol. The molecule has 0 aliphatic rings. The minimum Gasteiger partial charge on any atom is -0.117 e. The average Bonchev–Trinajstić information content (AvgIpc) is 2.46. The fourth-order valence-corrected chi connectivity index (χ4v) is 3.66. The summed E-state index contributed by atoms with van der Waals surface area (Å²) in [6.45, 7) is 10.9. The van der Waals surface area contributed by atoms with Gasteiger partial charge in [-0.3, -0.25) is 0 Å². The Balaban J connectivity index is 2.45. The van der Waals surface area contributed by atoms with Crippen molar-refractivity contribution in [2.24, 2.45) is 0 Å². The predicted molar refractivity (Wildman–Crippen MR) is 93.9 cm³/mol. The zero-order valence-corrected chi connectivity index (χ0v) is 14.9. The van der Waals surface area contributed by atoms with Crippen LogP contribution in [0.2, 0.25) is 5.02 Å². The van der Waals surface area contributed by atoms with Crippen molar-refractivity contribution in [3.05, 3.63) is 68.2 Å². The van der Waals surface area contributed by atoms with Crippen molar-refractivity contribution >= 4 is 23.2 Å². The third-order valence-electron chi connectivity index (χ3n) is 4.73. The van der Waals surface area contributed by atoms with Crippen LogP contribution in [0.1, 0.15) is 44.3 Å². The summed E-state index contributed by atoms with van der Waals surface area (Å²) in [6, 6.07) is 7.93. The Morgan fingerprint density at radius 2 is 1.29 bits per heavy atom. The minimum atomic E-state index is -0.0529. The summed E-state index contributed by atoms with van der Waals surface area (Å²) in [5.74, 6) is 0. The highest BCUT2D eigenvalue weighted by Gasteiger charge is 2.19. The van der Waals surface area contributed by atoms with E-state index in [9.17, 15) is 0 Å². The number of rotatable bonds is 3. The van der Waals surface area contributed by atoms with Crippen LogP contribution in [0.5, 0.6) is 0 Å². The van der Waals surface area contributed by atoms with E-state index in [1.807, 2.05) is 18.2 Å². The molecule has 0 heterocycles. The molecule has 2 rings (SSSR count). The van der Waals surface area contributed by atoms with Gasteiger partial charge in [-0.1, -0.05) is 29.8 Å². The molecule has 2 aromatic rings. The van der Waals surface area contributed by atoms with E-state index in [-0.39, 0.29) is 5.38 Å². The van der Waals surface area contributed by atoms with Gasteiger partial charge in [-0.15, -0.1) is 11.6 Å². The second-order valence-corrected chi connectivity index (χ2v) is 6.74. The maximum atomic E-state index is 6.76. The largest absolute Gasteiger partial charge is 0.117 e. The summed E-state index contributed by atoms with van der Waals surface area (Å²) in [6.07, 6.45) is 0.755. The fraction of sp³-hybridized carbons (Fsp3) is 0.368. The smallest absolute Gasteiger partial charge is 0.0631 e. The highest BCUT2D eigenvalue weighted by molar-refractivity contribution is 6.31. The SMILES string of the molecule is Cc1c(C)c(C)c(C(Cl)Cc2ccccc2Cl)c(C)c1C. The predicted octanol–water partition coefficient (Wildman–Crippen LogP) is 6.40. The maximum absolute atomic E-state index is 6.76. The molecule has 1 atom stereocenters. The lowest BCUT2D eigenvalue weighted by atomic mass is 9.87. The third-order valence-corrected chi connectivity index (χ3v) is 5.47. The maximum Gasteiger partial charge on any atom is 0.0631 e. The Labute approximate surface area is 138 Å². The lowest BCUT2D eigenvalue weighted by Gasteiger charge is -2.22. The molecule has 21 heavy (non-hydrogen) atoms. The molecule has 0 fully saturated rings. The Morgan fingerprint density at radius 3 is 1.81 bits per heavy atom. The molecule has 0 nitrogen and oxygen atoms in total. The van der Waals surface area contributed by atoms with Gasteiger partial charge in [0.25, 0.3) is 0 Å². The molecule has 2 aromatic carbocycles. The molecule has 0 amide bonds. The highest BCUT2D eigenvalue weighted by Crippen LogP contribution is 2.36. The van der Waals surface area contributed by atoms with Gasteiger partial charge in [-0.25, -0.2) is 0 Å². The van der Waals surface area contributed by atoms with Gasteiger partial charge >= 0.3 is 0 Å². The van der Waals surface area contributed by atoms with Crippen LogP contribution in [0.3, 0.4) is 0 Å². The van der Waals surface area contributed by atoms with Gasteiger partial charge in [-0.2, -0.15) is 0 Å². The molecule has 112 valence electrons. The molecule has 0 aromatic heterocycles. The molecule has 0 saturated heterocycles. The van der Waals surface area contributed by atoms with Crippen LogP contribution in [0.4, 0.5) is 0 Å². The van der Waals surface area contributed by atoms with Crippen molar-refractivity contribution in [1.82, 2.24) is 0 Å². The first-order chi connectivity index (χ1) is 9.84. The Kier molecular flexibility index (Phi) is 5.01. The number of halogens is 2. The van der Waals surface area contributed by atoms with Crippen molar-refractivity contribution in [2.75, 3.05) is 0 Å². The molecular formula is C19H22Cl2. The summed E-state index contributed by atoms with van der Waals surface area (Å²) in [7, 11) is 0. The Hall–Kier alpha value is -0.980. The monoisotopic (exact) mass is 320 g/mol. The molecule has 0 N–H and O–H groups in total. The quantitative estimate of drug-likeness (QED) is 0.573. The molecule has 0 bridgehead atoms. The third kappa shape index (κ3) is 3.12. The fourth-order valence-electron chi connectivity index (χ4n) is 2.96. The van der Waals surface area contributed by atoms with Crippen LogP contribution >= 0.6 is 23.2 Å². The summed E-state index contributed by atoms with van der Waals surface area (Å²) in [5.41, 5.74) is 9.04.